The summed E-state index contributed by atoms with van der Waals surface area (Å²) in [5, 5.41) is 20.0. The van der Waals surface area contributed by atoms with E-state index in [9.17, 15) is 14.7 Å². The number of hydrogen-bond donors (Lipinski definition) is 4. The number of aromatic nitrogens is 4. The number of carboxylic acid groups (broad SMARTS) is 1. The first-order valence-corrected chi connectivity index (χ1v) is 15.6. The number of rotatable bonds is 9. The molecule has 3 aromatic heterocycles. The monoisotopic (exact) mass is 657 g/mol. The first-order chi connectivity index (χ1) is 21.9. The van der Waals surface area contributed by atoms with Crippen molar-refractivity contribution in [2.24, 2.45) is 7.05 Å². The first-order valence-electron chi connectivity index (χ1n) is 14.8. The number of nitrogens with one attached hydrogen (secondary N) is 3. The van der Waals surface area contributed by atoms with Gasteiger partial charge in [-0.25, -0.2) is 4.79 Å². The molecule has 9 nitrogen and oxygen atoms in total. The SMILES string of the molecule is Cc1cc(OCCCc2c(C(=O)Nc3cc(C(=O)O)c4cc[nH]c4c3)[nH]c3c(-c4c(C)nn(C)c4C)c(Cl)ccc23)cc(C)c1Cl. The molecule has 11 heteroatoms. The molecule has 0 unspecified atom stereocenters. The van der Waals surface area contributed by atoms with E-state index >= 15 is 0 Å². The van der Waals surface area contributed by atoms with Crippen LogP contribution in [0.15, 0.2) is 48.7 Å². The van der Waals surface area contributed by atoms with Gasteiger partial charge in [0.2, 0.25) is 0 Å². The summed E-state index contributed by atoms with van der Waals surface area (Å²) in [7, 11) is 1.88. The number of carbonyl (C=O) groups is 2. The van der Waals surface area contributed by atoms with E-state index in [1.54, 1.807) is 18.3 Å². The second-order valence-electron chi connectivity index (χ2n) is 11.5. The van der Waals surface area contributed by atoms with Crippen molar-refractivity contribution >= 4 is 62.6 Å². The molecule has 0 bridgehead atoms. The van der Waals surface area contributed by atoms with Crippen LogP contribution in [0.2, 0.25) is 10.0 Å². The number of fused-ring (bicyclic) bond motifs is 2. The van der Waals surface area contributed by atoms with Crippen molar-refractivity contribution in [3.8, 4) is 16.9 Å². The fourth-order valence-corrected chi connectivity index (χ4v) is 6.53. The van der Waals surface area contributed by atoms with E-state index in [0.717, 1.165) is 60.9 Å². The number of aromatic amines is 2. The molecule has 0 saturated carbocycles. The number of benzene rings is 3. The average Bonchev–Trinajstić information content (AvgIpc) is 3.69. The van der Waals surface area contributed by atoms with Crippen LogP contribution in [0.25, 0.3) is 32.9 Å². The van der Waals surface area contributed by atoms with Gasteiger partial charge >= 0.3 is 5.97 Å². The Hall–Kier alpha value is -4.73. The number of anilines is 1. The van der Waals surface area contributed by atoms with Gasteiger partial charge in [-0.2, -0.15) is 5.10 Å². The summed E-state index contributed by atoms with van der Waals surface area (Å²) < 4.78 is 7.89. The molecule has 4 N–H and O–H groups in total. The van der Waals surface area contributed by atoms with Gasteiger partial charge in [0.05, 0.1) is 28.4 Å². The molecule has 0 atom stereocenters. The van der Waals surface area contributed by atoms with E-state index in [4.69, 9.17) is 27.9 Å². The van der Waals surface area contributed by atoms with E-state index in [0.29, 0.717) is 46.8 Å². The highest BCUT2D eigenvalue weighted by Crippen LogP contribution is 2.40. The molecule has 0 aliphatic rings. The fraction of sp³-hybridized carbons (Fsp3) is 0.229. The number of carboxylic acids is 1. The molecule has 46 heavy (non-hydrogen) atoms. The van der Waals surface area contributed by atoms with Crippen LogP contribution in [-0.2, 0) is 13.5 Å². The number of ether oxygens (including phenoxy) is 1. The highest BCUT2D eigenvalue weighted by molar-refractivity contribution is 6.35. The van der Waals surface area contributed by atoms with Crippen LogP contribution in [0.4, 0.5) is 5.69 Å². The lowest BCUT2D eigenvalue weighted by Gasteiger charge is -2.11. The third-order valence-electron chi connectivity index (χ3n) is 8.42. The van der Waals surface area contributed by atoms with Gasteiger partial charge in [-0.1, -0.05) is 29.3 Å². The Morgan fingerprint density at radius 1 is 1.00 bits per heavy atom. The summed E-state index contributed by atoms with van der Waals surface area (Å²) in [5.74, 6) is -0.749. The Bertz CT molecular complexity index is 2150. The van der Waals surface area contributed by atoms with E-state index in [-0.39, 0.29) is 5.56 Å². The molecule has 0 spiro atoms. The highest BCUT2D eigenvalue weighted by Gasteiger charge is 2.25. The molecule has 6 aromatic rings. The molecule has 3 heterocycles. The maximum absolute atomic E-state index is 14.0. The molecule has 0 fully saturated rings. The van der Waals surface area contributed by atoms with Crippen LogP contribution >= 0.6 is 23.2 Å². The van der Waals surface area contributed by atoms with Crippen molar-refractivity contribution in [3.63, 3.8) is 0 Å². The summed E-state index contributed by atoms with van der Waals surface area (Å²) >= 11 is 13.2. The summed E-state index contributed by atoms with van der Waals surface area (Å²) in [6, 6.07) is 12.5. The minimum atomic E-state index is -1.08. The second-order valence-corrected chi connectivity index (χ2v) is 12.3. The van der Waals surface area contributed by atoms with Gasteiger partial charge in [0.1, 0.15) is 11.4 Å². The van der Waals surface area contributed by atoms with Crippen LogP contribution < -0.4 is 10.1 Å². The lowest BCUT2D eigenvalue weighted by Crippen LogP contribution is -2.15. The minimum absolute atomic E-state index is 0.0901. The van der Waals surface area contributed by atoms with Gasteiger partial charge in [0.25, 0.3) is 5.91 Å². The lowest BCUT2D eigenvalue weighted by atomic mass is 9.98. The number of H-pyrrole nitrogens is 2. The first kappa shape index (κ1) is 31.3. The maximum atomic E-state index is 14.0. The number of aromatic carboxylic acids is 1. The summed E-state index contributed by atoms with van der Waals surface area (Å²) in [6.45, 7) is 8.22. The number of aryl methyl sites for hydroxylation is 5. The number of carbonyl (C=O) groups excluding carboxylic acids is 1. The van der Waals surface area contributed by atoms with Gasteiger partial charge in [-0.15, -0.1) is 0 Å². The number of nitrogens with zero attached hydrogens (tertiary/aromatic N) is 2. The zero-order valence-corrected chi connectivity index (χ0v) is 27.6. The van der Waals surface area contributed by atoms with Crippen LogP contribution in [-0.4, -0.2) is 43.3 Å². The minimum Gasteiger partial charge on any atom is -0.494 e. The molecule has 0 radical (unpaired) electrons. The van der Waals surface area contributed by atoms with Crippen molar-refractivity contribution in [2.45, 2.75) is 40.5 Å². The van der Waals surface area contributed by atoms with E-state index in [1.807, 2.05) is 63.7 Å². The topological polar surface area (TPSA) is 125 Å². The van der Waals surface area contributed by atoms with Crippen LogP contribution in [0.1, 0.15) is 55.3 Å². The number of amides is 1. The number of halogens is 2. The van der Waals surface area contributed by atoms with Crippen LogP contribution in [0.5, 0.6) is 5.75 Å². The molecule has 0 aliphatic heterocycles. The standard InChI is InChI=1S/C35H33Cl2N5O4/c1-17-13-22(14-18(2)31(17)37)46-12-6-7-24-25-8-9-27(36)30(29-19(3)41-42(5)20(29)4)32(25)40-33(24)34(43)39-21-15-26(35(44)45)23-10-11-38-28(23)16-21/h8-11,13-16,38,40H,6-7,12H2,1-5H3,(H,39,43)(H,44,45). The Morgan fingerprint density at radius 2 is 1.74 bits per heavy atom. The molecule has 0 saturated heterocycles. The van der Waals surface area contributed by atoms with Crippen LogP contribution in [0, 0.1) is 27.7 Å². The van der Waals surface area contributed by atoms with Crippen molar-refractivity contribution < 1.29 is 19.4 Å². The summed E-state index contributed by atoms with van der Waals surface area (Å²) in [6.07, 6.45) is 2.81. The van der Waals surface area contributed by atoms with Crippen molar-refractivity contribution in [2.75, 3.05) is 11.9 Å². The second kappa shape index (κ2) is 12.2. The van der Waals surface area contributed by atoms with Gasteiger partial charge in [-0.3, -0.25) is 9.48 Å². The predicted molar refractivity (Wildman–Crippen MR) is 183 cm³/mol. The van der Waals surface area contributed by atoms with Crippen molar-refractivity contribution in [1.29, 1.82) is 0 Å². The molecule has 0 aliphatic carbocycles. The Morgan fingerprint density at radius 3 is 2.41 bits per heavy atom. The van der Waals surface area contributed by atoms with E-state index in [2.05, 4.69) is 20.4 Å². The Kier molecular flexibility index (Phi) is 8.31. The van der Waals surface area contributed by atoms with E-state index < -0.39 is 11.9 Å². The predicted octanol–water partition coefficient (Wildman–Crippen LogP) is 8.55. The highest BCUT2D eigenvalue weighted by atomic mass is 35.5. The van der Waals surface area contributed by atoms with E-state index in [1.165, 1.54) is 6.07 Å². The largest absolute Gasteiger partial charge is 0.494 e. The summed E-state index contributed by atoms with van der Waals surface area (Å²) in [4.78, 5) is 32.4. The van der Waals surface area contributed by atoms with Gasteiger partial charge in [-0.05, 0) is 93.6 Å². The Labute approximate surface area is 275 Å². The quantitative estimate of drug-likeness (QED) is 0.116. The average molecular weight is 659 g/mol. The van der Waals surface area contributed by atoms with Crippen molar-refractivity contribution in [3.05, 3.63) is 98.0 Å². The molecule has 1 amide bonds. The molecular formula is C35H33Cl2N5O4. The summed E-state index contributed by atoms with van der Waals surface area (Å²) in [5.41, 5.74) is 8.26. The fourth-order valence-electron chi connectivity index (χ4n) is 6.17. The Balaban J connectivity index is 1.39. The molecular weight excluding hydrogens is 625 g/mol. The van der Waals surface area contributed by atoms with Gasteiger partial charge in [0.15, 0.2) is 0 Å². The zero-order chi connectivity index (χ0) is 32.9. The normalized spacial score (nSPS) is 11.5. The number of hydrogen-bond acceptors (Lipinski definition) is 4. The van der Waals surface area contributed by atoms with Gasteiger partial charge < -0.3 is 25.1 Å². The third-order valence-corrected chi connectivity index (χ3v) is 9.34. The maximum Gasteiger partial charge on any atom is 0.336 e. The molecule has 6 rings (SSSR count). The third kappa shape index (κ3) is 5.61. The van der Waals surface area contributed by atoms with Crippen LogP contribution in [0.3, 0.4) is 0 Å². The molecule has 3 aromatic carbocycles. The molecule has 236 valence electrons. The smallest absolute Gasteiger partial charge is 0.336 e. The lowest BCUT2D eigenvalue weighted by molar-refractivity contribution is 0.0698. The zero-order valence-electron chi connectivity index (χ0n) is 26.1. The van der Waals surface area contributed by atoms with Crippen molar-refractivity contribution in [1.82, 2.24) is 19.7 Å². The van der Waals surface area contributed by atoms with Gasteiger partial charge in [0, 0.05) is 57.1 Å².